The van der Waals surface area contributed by atoms with E-state index in [4.69, 9.17) is 19.5 Å². The van der Waals surface area contributed by atoms with Gasteiger partial charge in [-0.1, -0.05) is 80.9 Å². The van der Waals surface area contributed by atoms with E-state index < -0.39 is 24.3 Å². The van der Waals surface area contributed by atoms with Crippen LogP contribution in [0.2, 0.25) is 0 Å². The number of H-pyrrole nitrogens is 1. The van der Waals surface area contributed by atoms with E-state index in [9.17, 15) is 19.2 Å². The van der Waals surface area contributed by atoms with Crippen molar-refractivity contribution in [2.24, 2.45) is 10.9 Å². The molecule has 6 aromatic rings. The number of nitrogens with one attached hydrogen (secondary N) is 3. The number of hydrogen-bond acceptors (Lipinski definition) is 9. The average Bonchev–Trinajstić information content (AvgIpc) is 4.17. The number of carbonyl (C=O) groups is 4. The van der Waals surface area contributed by atoms with E-state index in [-0.39, 0.29) is 29.8 Å². The van der Waals surface area contributed by atoms with Gasteiger partial charge in [0.2, 0.25) is 5.91 Å². The second kappa shape index (κ2) is 17.7. The number of aromatic nitrogens is 2. The summed E-state index contributed by atoms with van der Waals surface area (Å²) in [5.41, 5.74) is 7.88. The Bertz CT molecular complexity index is 2750. The number of nitrogens with zero attached hydrogens (tertiary/aromatic N) is 4. The predicted octanol–water partition coefficient (Wildman–Crippen LogP) is 9.26. The van der Waals surface area contributed by atoms with E-state index in [0.29, 0.717) is 30.9 Å². The van der Waals surface area contributed by atoms with Crippen molar-refractivity contribution in [2.45, 2.75) is 76.5 Å². The molecule has 0 bridgehead atoms. The van der Waals surface area contributed by atoms with Crippen molar-refractivity contribution in [3.63, 3.8) is 0 Å². The van der Waals surface area contributed by atoms with Gasteiger partial charge in [-0.15, -0.1) is 11.3 Å². The summed E-state index contributed by atoms with van der Waals surface area (Å²) in [4.78, 5) is 69.4. The van der Waals surface area contributed by atoms with E-state index in [1.54, 1.807) is 16.2 Å². The fraction of sp³-hybridized carbons (Fsp3) is 0.347. The second-order valence-electron chi connectivity index (χ2n) is 16.7. The number of likely N-dealkylation sites (tertiary alicyclic amines) is 2. The third kappa shape index (κ3) is 8.15. The Balaban J connectivity index is 0.908. The van der Waals surface area contributed by atoms with E-state index in [0.717, 1.165) is 76.2 Å². The predicted molar refractivity (Wildman–Crippen MR) is 245 cm³/mol. The van der Waals surface area contributed by atoms with Crippen molar-refractivity contribution in [3.05, 3.63) is 108 Å². The van der Waals surface area contributed by atoms with Gasteiger partial charge in [0, 0.05) is 51.0 Å². The fourth-order valence-corrected chi connectivity index (χ4v) is 10.6. The summed E-state index contributed by atoms with van der Waals surface area (Å²) in [6, 6.07) is 26.9. The molecule has 4 aromatic carbocycles. The van der Waals surface area contributed by atoms with E-state index in [1.165, 1.54) is 29.7 Å². The van der Waals surface area contributed by atoms with Crippen LogP contribution in [0, 0.1) is 5.92 Å². The summed E-state index contributed by atoms with van der Waals surface area (Å²) < 4.78 is 12.0. The fourth-order valence-electron chi connectivity index (χ4n) is 9.39. The maximum atomic E-state index is 14.0. The molecule has 13 nitrogen and oxygen atoms in total. The molecule has 14 heteroatoms. The minimum absolute atomic E-state index is 0.0406. The smallest absolute Gasteiger partial charge is 0.407 e. The molecule has 324 valence electrons. The molecule has 63 heavy (non-hydrogen) atoms. The Labute approximate surface area is 369 Å². The molecule has 0 saturated carbocycles. The SMILES string of the molecule is CC[C@H](C)[C@H](NC(=O)OC)C(=O)N1CCC[C@H]1C1=Nc2ccc(-c3ccc4c(c3)sc3cc(-c5cnc([C@@H]6CCCN6C(=O)[C@H](NC(=O)OC)c6ccccc6)[nH]5)ccc34)cc2C1. The molecule has 5 atom stereocenters. The summed E-state index contributed by atoms with van der Waals surface area (Å²) in [6.45, 7) is 5.19. The van der Waals surface area contributed by atoms with Gasteiger partial charge in [-0.2, -0.15) is 0 Å². The van der Waals surface area contributed by atoms with Crippen molar-refractivity contribution in [1.29, 1.82) is 0 Å². The van der Waals surface area contributed by atoms with E-state index in [1.807, 2.05) is 55.3 Å². The molecule has 2 fully saturated rings. The lowest BCUT2D eigenvalue weighted by Crippen LogP contribution is -2.54. The lowest BCUT2D eigenvalue weighted by Gasteiger charge is -2.31. The van der Waals surface area contributed by atoms with Crippen LogP contribution in [0.4, 0.5) is 15.3 Å². The molecule has 5 heterocycles. The standard InChI is InChI=1S/C49H51N7O6S/c1-5-28(2)43(53-48(59)61-3)46(57)55-21-9-13-39(55)37-24-33-23-30(17-20-36(33)51-37)31-15-18-34-35-19-16-32(26-42(35)63-41(34)25-31)38-27-50-45(52-38)40-14-10-22-56(40)47(58)44(54-49(60)62-4)29-11-7-6-8-12-29/h6-8,11-12,15-20,23,25-28,39-40,43-44H,5,9-10,13-14,21-22,24H2,1-4H3,(H,50,52)(H,53,59)(H,54,60)/t28-,39-,40-,43-,44+/m0/s1. The largest absolute Gasteiger partial charge is 0.453 e. The van der Waals surface area contributed by atoms with Gasteiger partial charge in [0.15, 0.2) is 0 Å². The number of hydrogen-bond donors (Lipinski definition) is 3. The molecule has 0 radical (unpaired) electrons. The zero-order chi connectivity index (χ0) is 43.8. The Morgan fingerprint density at radius 2 is 1.43 bits per heavy atom. The van der Waals surface area contributed by atoms with Crippen LogP contribution in [0.3, 0.4) is 0 Å². The van der Waals surface area contributed by atoms with Crippen LogP contribution < -0.4 is 10.6 Å². The van der Waals surface area contributed by atoms with E-state index in [2.05, 4.69) is 70.2 Å². The highest BCUT2D eigenvalue weighted by Gasteiger charge is 2.40. The van der Waals surface area contributed by atoms with E-state index >= 15 is 0 Å². The maximum absolute atomic E-state index is 14.0. The molecule has 3 N–H and O–H groups in total. The van der Waals surface area contributed by atoms with Crippen molar-refractivity contribution < 1.29 is 28.7 Å². The number of rotatable bonds is 11. The number of amides is 4. The van der Waals surface area contributed by atoms with Crippen molar-refractivity contribution >= 4 is 66.9 Å². The Kier molecular flexibility index (Phi) is 11.7. The number of fused-ring (bicyclic) bond motifs is 4. The first-order chi connectivity index (χ1) is 30.6. The minimum atomic E-state index is -0.881. The van der Waals surface area contributed by atoms with Gasteiger partial charge >= 0.3 is 12.2 Å². The molecule has 0 aliphatic carbocycles. The number of ether oxygens (including phenoxy) is 2. The summed E-state index contributed by atoms with van der Waals surface area (Å²) in [7, 11) is 2.60. The lowest BCUT2D eigenvalue weighted by molar-refractivity contribution is -0.135. The summed E-state index contributed by atoms with van der Waals surface area (Å²) in [5.74, 6) is 0.388. The van der Waals surface area contributed by atoms with Gasteiger partial charge in [-0.05, 0) is 78.1 Å². The van der Waals surface area contributed by atoms with Crippen LogP contribution in [-0.4, -0.2) is 88.9 Å². The first kappa shape index (κ1) is 41.8. The number of alkyl carbamates (subject to hydrolysis) is 2. The molecule has 2 aromatic heterocycles. The number of carbonyl (C=O) groups excluding carboxylic acids is 4. The molecule has 0 unspecified atom stereocenters. The third-order valence-electron chi connectivity index (χ3n) is 13.0. The summed E-state index contributed by atoms with van der Waals surface area (Å²) in [6.07, 6.45) is 5.30. The number of aromatic amines is 1. The van der Waals surface area contributed by atoms with Gasteiger partial charge < -0.3 is 34.9 Å². The second-order valence-corrected chi connectivity index (χ2v) is 17.8. The lowest BCUT2D eigenvalue weighted by atomic mass is 9.96. The first-order valence-corrected chi connectivity index (χ1v) is 22.5. The van der Waals surface area contributed by atoms with Crippen molar-refractivity contribution in [2.75, 3.05) is 27.3 Å². The molecular weight excluding hydrogens is 815 g/mol. The van der Waals surface area contributed by atoms with Gasteiger partial charge in [0.05, 0.1) is 43.9 Å². The van der Waals surface area contributed by atoms with Crippen molar-refractivity contribution in [3.8, 4) is 22.4 Å². The molecule has 3 aliphatic heterocycles. The minimum Gasteiger partial charge on any atom is -0.453 e. The number of imidazole rings is 1. The number of methoxy groups -OCH3 is 2. The zero-order valence-electron chi connectivity index (χ0n) is 35.9. The normalized spacial score (nSPS) is 18.5. The maximum Gasteiger partial charge on any atom is 0.407 e. The van der Waals surface area contributed by atoms with Crippen LogP contribution in [-0.2, 0) is 25.5 Å². The summed E-state index contributed by atoms with van der Waals surface area (Å²) in [5, 5.41) is 7.90. The van der Waals surface area contributed by atoms with Crippen LogP contribution in [0.1, 0.15) is 75.0 Å². The van der Waals surface area contributed by atoms with Crippen LogP contribution in [0.5, 0.6) is 0 Å². The summed E-state index contributed by atoms with van der Waals surface area (Å²) >= 11 is 1.75. The van der Waals surface area contributed by atoms with Gasteiger partial charge in [-0.3, -0.25) is 14.6 Å². The quantitative estimate of drug-likeness (QED) is 0.117. The number of thiophene rings is 1. The molecule has 4 amide bonds. The Hall–Kier alpha value is -6.54. The number of aliphatic imine (C=N–C) groups is 1. The Morgan fingerprint density at radius 3 is 2.14 bits per heavy atom. The molecule has 2 saturated heterocycles. The van der Waals surface area contributed by atoms with Crippen molar-refractivity contribution in [1.82, 2.24) is 30.4 Å². The van der Waals surface area contributed by atoms with Gasteiger partial charge in [0.1, 0.15) is 17.9 Å². The highest BCUT2D eigenvalue weighted by Crippen LogP contribution is 2.41. The molecule has 0 spiro atoms. The van der Waals surface area contributed by atoms with Crippen LogP contribution in [0.25, 0.3) is 42.6 Å². The Morgan fingerprint density at radius 1 is 0.794 bits per heavy atom. The van der Waals surface area contributed by atoms with Gasteiger partial charge in [-0.25, -0.2) is 14.6 Å². The average molecular weight is 866 g/mol. The first-order valence-electron chi connectivity index (χ1n) is 21.7. The highest BCUT2D eigenvalue weighted by atomic mass is 32.1. The molecule has 9 rings (SSSR count). The number of benzene rings is 4. The zero-order valence-corrected chi connectivity index (χ0v) is 36.7. The molecule has 3 aliphatic rings. The topological polar surface area (TPSA) is 158 Å². The highest BCUT2D eigenvalue weighted by molar-refractivity contribution is 7.25. The van der Waals surface area contributed by atoms with Crippen LogP contribution >= 0.6 is 11.3 Å². The van der Waals surface area contributed by atoms with Crippen LogP contribution in [0.15, 0.2) is 96.1 Å². The van der Waals surface area contributed by atoms with Gasteiger partial charge in [0.25, 0.3) is 5.91 Å². The third-order valence-corrected chi connectivity index (χ3v) is 14.1. The monoisotopic (exact) mass is 865 g/mol. The molecular formula is C49H51N7O6S.